The van der Waals surface area contributed by atoms with E-state index in [1.165, 1.54) is 0 Å². The van der Waals surface area contributed by atoms with Crippen LogP contribution in [-0.2, 0) is 0 Å². The third-order valence-corrected chi connectivity index (χ3v) is 3.42. The molecule has 3 nitrogen and oxygen atoms in total. The van der Waals surface area contributed by atoms with Gasteiger partial charge in [-0.3, -0.25) is 4.79 Å². The normalized spacial score (nSPS) is 18.6. The van der Waals surface area contributed by atoms with Crippen LogP contribution in [-0.4, -0.2) is 12.5 Å². The predicted octanol–water partition coefficient (Wildman–Crippen LogP) is 2.66. The van der Waals surface area contributed by atoms with Crippen molar-refractivity contribution in [3.8, 4) is 0 Å². The minimum absolute atomic E-state index is 0.00190. The third-order valence-electron chi connectivity index (χ3n) is 3.42. The number of carbonyl (C=O) groups is 1. The number of rotatable bonds is 3. The summed E-state index contributed by atoms with van der Waals surface area (Å²) >= 11 is 0. The van der Waals surface area contributed by atoms with E-state index in [1.54, 1.807) is 12.1 Å². The first kappa shape index (κ1) is 12.7. The molecule has 1 amide bonds. The molecule has 1 atom stereocenters. The maximum Gasteiger partial charge on any atom is 0.251 e. The largest absolute Gasteiger partial charge is 0.399 e. The van der Waals surface area contributed by atoms with E-state index >= 15 is 0 Å². The molecule has 0 radical (unpaired) electrons. The molecule has 1 aliphatic carbocycles. The topological polar surface area (TPSA) is 55.1 Å². The molecule has 1 aliphatic rings. The number of hydrogen-bond donors (Lipinski definition) is 2. The Kier molecular flexibility index (Phi) is 4.03. The van der Waals surface area contributed by atoms with Gasteiger partial charge in [0.25, 0.3) is 5.91 Å². The first-order chi connectivity index (χ1) is 8.66. The molecule has 2 rings (SSSR count). The lowest BCUT2D eigenvalue weighted by molar-refractivity contribution is 0.0945. The molecule has 96 valence electrons. The molecule has 1 aromatic carbocycles. The van der Waals surface area contributed by atoms with Crippen molar-refractivity contribution in [2.45, 2.75) is 26.2 Å². The molecule has 0 heterocycles. The molecule has 3 N–H and O–H groups in total. The van der Waals surface area contributed by atoms with Gasteiger partial charge in [0, 0.05) is 17.8 Å². The zero-order chi connectivity index (χ0) is 13.0. The maximum absolute atomic E-state index is 12.0. The van der Waals surface area contributed by atoms with Crippen molar-refractivity contribution in [3.05, 3.63) is 41.5 Å². The standard InChI is InChI=1S/C15H20N2O/c1-11-9-13(16)7-8-14(11)15(18)17-10-12-5-3-2-4-6-12/h2-3,7-9,12H,4-6,10,16H2,1H3,(H,17,18). The number of hydrogen-bond acceptors (Lipinski definition) is 2. The van der Waals surface area contributed by atoms with E-state index in [0.29, 0.717) is 11.6 Å². The van der Waals surface area contributed by atoms with Gasteiger partial charge >= 0.3 is 0 Å². The second-order valence-electron chi connectivity index (χ2n) is 4.93. The van der Waals surface area contributed by atoms with Crippen molar-refractivity contribution >= 4 is 11.6 Å². The van der Waals surface area contributed by atoms with E-state index in [1.807, 2.05) is 13.0 Å². The number of allylic oxidation sites excluding steroid dienone is 2. The minimum atomic E-state index is 0.00190. The number of carbonyl (C=O) groups excluding carboxylic acids is 1. The molecule has 18 heavy (non-hydrogen) atoms. The SMILES string of the molecule is Cc1cc(N)ccc1C(=O)NCC1CC=CCC1. The highest BCUT2D eigenvalue weighted by Gasteiger charge is 2.13. The van der Waals surface area contributed by atoms with Crippen LogP contribution in [0, 0.1) is 12.8 Å². The molecule has 0 saturated carbocycles. The van der Waals surface area contributed by atoms with E-state index in [-0.39, 0.29) is 5.91 Å². The molecule has 3 heteroatoms. The number of nitrogen functional groups attached to an aromatic ring is 1. The molecule has 0 aliphatic heterocycles. The molecular weight excluding hydrogens is 224 g/mol. The Hall–Kier alpha value is -1.77. The number of benzene rings is 1. The zero-order valence-electron chi connectivity index (χ0n) is 10.8. The lowest BCUT2D eigenvalue weighted by Gasteiger charge is -2.18. The van der Waals surface area contributed by atoms with Crippen molar-refractivity contribution in [2.24, 2.45) is 5.92 Å². The molecule has 1 aromatic rings. The van der Waals surface area contributed by atoms with Crippen molar-refractivity contribution in [1.82, 2.24) is 5.32 Å². The average Bonchev–Trinajstić information content (AvgIpc) is 2.37. The monoisotopic (exact) mass is 244 g/mol. The number of nitrogens with two attached hydrogens (primary N) is 1. The van der Waals surface area contributed by atoms with Gasteiger partial charge in [0.05, 0.1) is 0 Å². The van der Waals surface area contributed by atoms with Crippen LogP contribution in [0.5, 0.6) is 0 Å². The van der Waals surface area contributed by atoms with E-state index in [0.717, 1.165) is 36.9 Å². The van der Waals surface area contributed by atoms with Gasteiger partial charge in [-0.1, -0.05) is 12.2 Å². The van der Waals surface area contributed by atoms with Gasteiger partial charge in [-0.25, -0.2) is 0 Å². The first-order valence-corrected chi connectivity index (χ1v) is 6.46. The summed E-state index contributed by atoms with van der Waals surface area (Å²) in [6.07, 6.45) is 7.77. The van der Waals surface area contributed by atoms with Crippen molar-refractivity contribution in [2.75, 3.05) is 12.3 Å². The van der Waals surface area contributed by atoms with E-state index in [4.69, 9.17) is 5.73 Å². The summed E-state index contributed by atoms with van der Waals surface area (Å²) in [6, 6.07) is 5.39. The van der Waals surface area contributed by atoms with E-state index < -0.39 is 0 Å². The Morgan fingerprint density at radius 3 is 2.94 bits per heavy atom. The van der Waals surface area contributed by atoms with Crippen LogP contribution in [0.25, 0.3) is 0 Å². The second-order valence-corrected chi connectivity index (χ2v) is 4.93. The highest BCUT2D eigenvalue weighted by atomic mass is 16.1. The molecule has 0 saturated heterocycles. The van der Waals surface area contributed by atoms with Crippen molar-refractivity contribution in [3.63, 3.8) is 0 Å². The van der Waals surface area contributed by atoms with E-state index in [9.17, 15) is 4.79 Å². The summed E-state index contributed by atoms with van der Waals surface area (Å²) in [5.74, 6) is 0.579. The summed E-state index contributed by atoms with van der Waals surface area (Å²) < 4.78 is 0. The average molecular weight is 244 g/mol. The van der Waals surface area contributed by atoms with Crippen LogP contribution in [0.1, 0.15) is 35.2 Å². The molecule has 0 aromatic heterocycles. The molecular formula is C15H20N2O. The maximum atomic E-state index is 12.0. The molecule has 1 unspecified atom stereocenters. The highest BCUT2D eigenvalue weighted by Crippen LogP contribution is 2.17. The van der Waals surface area contributed by atoms with Crippen LogP contribution in [0.2, 0.25) is 0 Å². The minimum Gasteiger partial charge on any atom is -0.399 e. The fourth-order valence-electron chi connectivity index (χ4n) is 2.32. The summed E-state index contributed by atoms with van der Waals surface area (Å²) in [6.45, 7) is 2.67. The fourth-order valence-corrected chi connectivity index (χ4v) is 2.32. The lowest BCUT2D eigenvalue weighted by atomic mass is 9.94. The van der Waals surface area contributed by atoms with Crippen LogP contribution >= 0.6 is 0 Å². The van der Waals surface area contributed by atoms with Gasteiger partial charge < -0.3 is 11.1 Å². The summed E-state index contributed by atoms with van der Waals surface area (Å²) in [5, 5.41) is 3.02. The smallest absolute Gasteiger partial charge is 0.251 e. The third kappa shape index (κ3) is 3.13. The van der Waals surface area contributed by atoms with Crippen LogP contribution in [0.4, 0.5) is 5.69 Å². The van der Waals surface area contributed by atoms with Gasteiger partial charge in [-0.2, -0.15) is 0 Å². The number of nitrogens with one attached hydrogen (secondary N) is 1. The van der Waals surface area contributed by atoms with E-state index in [2.05, 4.69) is 17.5 Å². The summed E-state index contributed by atoms with van der Waals surface area (Å²) in [7, 11) is 0. The fraction of sp³-hybridized carbons (Fsp3) is 0.400. The van der Waals surface area contributed by atoms with Crippen molar-refractivity contribution in [1.29, 1.82) is 0 Å². The van der Waals surface area contributed by atoms with Crippen LogP contribution in [0.15, 0.2) is 30.4 Å². The predicted molar refractivity (Wildman–Crippen MR) is 74.4 cm³/mol. The Balaban J connectivity index is 1.93. The molecule has 0 spiro atoms. The Morgan fingerprint density at radius 2 is 2.28 bits per heavy atom. The second kappa shape index (κ2) is 5.71. The summed E-state index contributed by atoms with van der Waals surface area (Å²) in [5.41, 5.74) is 8.02. The quantitative estimate of drug-likeness (QED) is 0.634. The molecule has 0 fully saturated rings. The Morgan fingerprint density at radius 1 is 1.44 bits per heavy atom. The Labute approximate surface area is 108 Å². The zero-order valence-corrected chi connectivity index (χ0v) is 10.8. The van der Waals surface area contributed by atoms with Crippen LogP contribution in [0.3, 0.4) is 0 Å². The first-order valence-electron chi connectivity index (χ1n) is 6.46. The van der Waals surface area contributed by atoms with Gasteiger partial charge in [0.1, 0.15) is 0 Å². The number of anilines is 1. The van der Waals surface area contributed by atoms with Gasteiger partial charge in [-0.05, 0) is 55.9 Å². The lowest BCUT2D eigenvalue weighted by Crippen LogP contribution is -2.30. The summed E-state index contributed by atoms with van der Waals surface area (Å²) in [4.78, 5) is 12.0. The number of amides is 1. The van der Waals surface area contributed by atoms with Crippen molar-refractivity contribution < 1.29 is 4.79 Å². The molecule has 0 bridgehead atoms. The van der Waals surface area contributed by atoms with Gasteiger partial charge in [0.2, 0.25) is 0 Å². The van der Waals surface area contributed by atoms with Crippen LogP contribution < -0.4 is 11.1 Å². The van der Waals surface area contributed by atoms with Gasteiger partial charge in [0.15, 0.2) is 0 Å². The van der Waals surface area contributed by atoms with Gasteiger partial charge in [-0.15, -0.1) is 0 Å². The Bertz CT molecular complexity index is 466. The highest BCUT2D eigenvalue weighted by molar-refractivity contribution is 5.96. The number of aryl methyl sites for hydroxylation is 1.